The number of amides is 1. The molecular weight excluding hydrogens is 418 g/mol. The highest BCUT2D eigenvalue weighted by molar-refractivity contribution is 7.80. The summed E-state index contributed by atoms with van der Waals surface area (Å²) in [7, 11) is 0. The lowest BCUT2D eigenvalue weighted by atomic mass is 9.76. The molecule has 1 atom stereocenters. The second-order valence-electron chi connectivity index (χ2n) is 8.02. The number of rotatable bonds is 7. The first-order valence-electron chi connectivity index (χ1n) is 10.4. The Morgan fingerprint density at radius 3 is 2.75 bits per heavy atom. The summed E-state index contributed by atoms with van der Waals surface area (Å²) in [5.41, 5.74) is 9.18. The highest BCUT2D eigenvalue weighted by atomic mass is 32.1. The number of allylic oxidation sites excluding steroid dienone is 3. The lowest BCUT2D eigenvalue weighted by Gasteiger charge is -2.27. The molecule has 2 aromatic carbocycles. The maximum Gasteiger partial charge on any atom is 0.227 e. The molecule has 1 aliphatic carbocycles. The molecule has 0 spiro atoms. The van der Waals surface area contributed by atoms with Crippen molar-refractivity contribution in [1.82, 2.24) is 14.9 Å². The average molecular weight is 444 g/mol. The smallest absolute Gasteiger partial charge is 0.227 e. The maximum atomic E-state index is 12.1. The molecule has 162 valence electrons. The Morgan fingerprint density at radius 2 is 2.06 bits per heavy atom. The number of hydrogen-bond donors (Lipinski definition) is 2. The topological polar surface area (TPSA) is 86.2 Å². The fourth-order valence-electron chi connectivity index (χ4n) is 3.72. The molecule has 1 aromatic heterocycles. The van der Waals surface area contributed by atoms with Gasteiger partial charge in [0.25, 0.3) is 0 Å². The quantitative estimate of drug-likeness (QED) is 0.421. The molecule has 0 radical (unpaired) electrons. The van der Waals surface area contributed by atoms with Gasteiger partial charge < -0.3 is 5.73 Å². The summed E-state index contributed by atoms with van der Waals surface area (Å²) < 4.78 is 1.63. The van der Waals surface area contributed by atoms with Crippen molar-refractivity contribution in [2.75, 3.05) is 0 Å². The molecule has 1 amide bonds. The van der Waals surface area contributed by atoms with E-state index in [1.807, 2.05) is 73.7 Å². The molecule has 0 aliphatic heterocycles. The summed E-state index contributed by atoms with van der Waals surface area (Å²) in [5.74, 6) is 0.319. The van der Waals surface area contributed by atoms with E-state index in [9.17, 15) is 4.79 Å². The molecule has 0 saturated heterocycles. The van der Waals surface area contributed by atoms with Crippen LogP contribution >= 0.6 is 12.6 Å². The number of aromatic nitrogens is 3. The molecule has 6 nitrogen and oxygen atoms in total. The molecular formula is C25H25N5OS. The second kappa shape index (κ2) is 9.36. The SMILES string of the molecule is Cc1ccc(C=Nn2cnnc2-c2ccc(CCC3(C(N)=O)C=CC=CC3)cc2S)cc1. The third-order valence-corrected chi connectivity index (χ3v) is 6.11. The van der Waals surface area contributed by atoms with E-state index in [0.717, 1.165) is 21.6 Å². The van der Waals surface area contributed by atoms with Crippen LogP contribution in [0.4, 0.5) is 0 Å². The molecule has 4 rings (SSSR count). The van der Waals surface area contributed by atoms with E-state index in [4.69, 9.17) is 5.73 Å². The van der Waals surface area contributed by atoms with Crippen molar-refractivity contribution < 1.29 is 4.79 Å². The third-order valence-electron chi connectivity index (χ3n) is 5.74. The van der Waals surface area contributed by atoms with Crippen LogP contribution in [0.1, 0.15) is 29.5 Å². The number of benzene rings is 2. The van der Waals surface area contributed by atoms with Crippen molar-refractivity contribution in [2.24, 2.45) is 16.3 Å². The van der Waals surface area contributed by atoms with Gasteiger partial charge in [-0.3, -0.25) is 4.79 Å². The van der Waals surface area contributed by atoms with Crippen molar-refractivity contribution in [3.63, 3.8) is 0 Å². The summed E-state index contributed by atoms with van der Waals surface area (Å²) >= 11 is 4.68. The Labute approximate surface area is 193 Å². The summed E-state index contributed by atoms with van der Waals surface area (Å²) in [6.07, 6.45) is 13.1. The van der Waals surface area contributed by atoms with E-state index in [1.165, 1.54) is 5.56 Å². The van der Waals surface area contributed by atoms with Crippen molar-refractivity contribution in [3.8, 4) is 11.4 Å². The van der Waals surface area contributed by atoms with Crippen LogP contribution in [0.15, 0.2) is 83.1 Å². The fourth-order valence-corrected chi connectivity index (χ4v) is 4.06. The lowest BCUT2D eigenvalue weighted by molar-refractivity contribution is -0.125. The van der Waals surface area contributed by atoms with Crippen LogP contribution < -0.4 is 5.73 Å². The number of nitrogens with zero attached hydrogens (tertiary/aromatic N) is 4. The molecule has 1 aliphatic rings. The summed E-state index contributed by atoms with van der Waals surface area (Å²) in [6, 6.07) is 14.1. The lowest BCUT2D eigenvalue weighted by Crippen LogP contribution is -2.36. The Morgan fingerprint density at radius 1 is 1.25 bits per heavy atom. The third kappa shape index (κ3) is 4.73. The van der Waals surface area contributed by atoms with Gasteiger partial charge in [-0.2, -0.15) is 9.78 Å². The van der Waals surface area contributed by atoms with E-state index in [0.29, 0.717) is 25.1 Å². The van der Waals surface area contributed by atoms with Gasteiger partial charge >= 0.3 is 0 Å². The zero-order valence-corrected chi connectivity index (χ0v) is 18.7. The summed E-state index contributed by atoms with van der Waals surface area (Å²) in [6.45, 7) is 2.05. The van der Waals surface area contributed by atoms with Crippen LogP contribution in [0.5, 0.6) is 0 Å². The van der Waals surface area contributed by atoms with E-state index >= 15 is 0 Å². The van der Waals surface area contributed by atoms with Crippen molar-refractivity contribution >= 4 is 24.8 Å². The van der Waals surface area contributed by atoms with Crippen LogP contribution in [-0.2, 0) is 11.2 Å². The fraction of sp³-hybridized carbons (Fsp3) is 0.200. The number of hydrogen-bond acceptors (Lipinski definition) is 5. The Kier molecular flexibility index (Phi) is 6.37. The van der Waals surface area contributed by atoms with Crippen LogP contribution in [0.2, 0.25) is 0 Å². The van der Waals surface area contributed by atoms with Crippen LogP contribution in [0, 0.1) is 12.3 Å². The first kappa shape index (κ1) is 21.8. The van der Waals surface area contributed by atoms with Gasteiger partial charge in [0.2, 0.25) is 5.91 Å². The zero-order chi connectivity index (χ0) is 22.6. The van der Waals surface area contributed by atoms with Gasteiger partial charge in [-0.25, -0.2) is 0 Å². The van der Waals surface area contributed by atoms with Crippen LogP contribution in [0.3, 0.4) is 0 Å². The molecule has 32 heavy (non-hydrogen) atoms. The van der Waals surface area contributed by atoms with Gasteiger partial charge in [0.1, 0.15) is 6.33 Å². The number of aryl methyl sites for hydroxylation is 2. The Balaban J connectivity index is 1.51. The summed E-state index contributed by atoms with van der Waals surface area (Å²) in [5, 5.41) is 12.7. The minimum absolute atomic E-state index is 0.291. The highest BCUT2D eigenvalue weighted by Crippen LogP contribution is 2.34. The normalized spacial score (nSPS) is 17.8. The largest absolute Gasteiger partial charge is 0.369 e. The first-order chi connectivity index (χ1) is 15.5. The number of primary amides is 1. The average Bonchev–Trinajstić information content (AvgIpc) is 3.26. The number of carbonyl (C=O) groups excluding carboxylic acids is 1. The molecule has 1 unspecified atom stereocenters. The molecule has 0 saturated carbocycles. The van der Waals surface area contributed by atoms with Gasteiger partial charge in [-0.1, -0.05) is 60.2 Å². The van der Waals surface area contributed by atoms with E-state index < -0.39 is 5.41 Å². The summed E-state index contributed by atoms with van der Waals surface area (Å²) in [4.78, 5) is 12.9. The van der Waals surface area contributed by atoms with Crippen LogP contribution in [-0.4, -0.2) is 27.0 Å². The predicted molar refractivity (Wildman–Crippen MR) is 130 cm³/mol. The van der Waals surface area contributed by atoms with Crippen molar-refractivity contribution in [2.45, 2.75) is 31.1 Å². The number of carbonyl (C=O) groups is 1. The second-order valence-corrected chi connectivity index (χ2v) is 8.50. The number of nitrogens with two attached hydrogens (primary N) is 1. The Hall–Kier alpha value is -3.45. The van der Waals surface area contributed by atoms with E-state index in [1.54, 1.807) is 17.2 Å². The molecule has 3 aromatic rings. The van der Waals surface area contributed by atoms with E-state index in [-0.39, 0.29) is 5.91 Å². The predicted octanol–water partition coefficient (Wildman–Crippen LogP) is 4.34. The molecule has 0 bridgehead atoms. The van der Waals surface area contributed by atoms with E-state index in [2.05, 4.69) is 27.9 Å². The monoisotopic (exact) mass is 443 g/mol. The van der Waals surface area contributed by atoms with Crippen molar-refractivity contribution in [1.29, 1.82) is 0 Å². The number of thiol groups is 1. The van der Waals surface area contributed by atoms with Gasteiger partial charge in [0.15, 0.2) is 5.82 Å². The van der Waals surface area contributed by atoms with Crippen molar-refractivity contribution in [3.05, 3.63) is 89.8 Å². The standard InChI is InChI=1S/C25H25N5OS/c1-18-5-7-20(8-6-18)16-28-30-17-27-29-23(30)21-10-9-19(15-22(21)32)11-14-25(24(26)31)12-3-2-4-13-25/h2-10,12,15-17,32H,11,13-14H2,1H3,(H2,26,31). The van der Waals surface area contributed by atoms with Gasteiger partial charge in [0, 0.05) is 10.5 Å². The molecule has 0 fully saturated rings. The van der Waals surface area contributed by atoms with Gasteiger partial charge in [-0.15, -0.1) is 22.8 Å². The maximum absolute atomic E-state index is 12.1. The van der Waals surface area contributed by atoms with Crippen LogP contribution in [0.25, 0.3) is 11.4 Å². The Bertz CT molecular complexity index is 1210. The molecule has 2 N–H and O–H groups in total. The minimum atomic E-state index is -0.630. The van der Waals surface area contributed by atoms with Gasteiger partial charge in [-0.05, 0) is 49.4 Å². The zero-order valence-electron chi connectivity index (χ0n) is 17.8. The molecule has 1 heterocycles. The minimum Gasteiger partial charge on any atom is -0.369 e. The first-order valence-corrected chi connectivity index (χ1v) is 10.9. The molecule has 7 heteroatoms. The highest BCUT2D eigenvalue weighted by Gasteiger charge is 2.33. The van der Waals surface area contributed by atoms with Gasteiger partial charge in [0.05, 0.1) is 11.6 Å².